The second kappa shape index (κ2) is 6.27. The number of hydrogen-bond donors (Lipinski definition) is 1. The highest BCUT2D eigenvalue weighted by Gasteiger charge is 2.24. The number of nitrogens with two attached hydrogens (primary N) is 1. The highest BCUT2D eigenvalue weighted by molar-refractivity contribution is 5.39. The fourth-order valence-electron chi connectivity index (χ4n) is 2.29. The van der Waals surface area contributed by atoms with Gasteiger partial charge in [-0.25, -0.2) is 0 Å². The van der Waals surface area contributed by atoms with Crippen LogP contribution in [0.4, 0.5) is 0 Å². The fourth-order valence-corrected chi connectivity index (χ4v) is 2.29. The number of hydrogen-bond acceptors (Lipinski definition) is 3. The van der Waals surface area contributed by atoms with Crippen molar-refractivity contribution in [3.8, 4) is 5.75 Å². The van der Waals surface area contributed by atoms with Gasteiger partial charge in [0, 0.05) is 6.20 Å². The summed E-state index contributed by atoms with van der Waals surface area (Å²) in [5.74, 6) is 0.754. The predicted octanol–water partition coefficient (Wildman–Crippen LogP) is 3.65. The third-order valence-electron chi connectivity index (χ3n) is 3.65. The molecule has 21 heavy (non-hydrogen) atoms. The van der Waals surface area contributed by atoms with Gasteiger partial charge in [-0.15, -0.1) is 0 Å². The molecule has 0 aliphatic heterocycles. The van der Waals surface area contributed by atoms with Crippen molar-refractivity contribution < 1.29 is 4.74 Å². The number of aryl methyl sites for hydroxylation is 1. The van der Waals surface area contributed by atoms with Crippen LogP contribution in [0.3, 0.4) is 0 Å². The molecule has 2 N–H and O–H groups in total. The summed E-state index contributed by atoms with van der Waals surface area (Å²) in [6.45, 7) is 8.15. The van der Waals surface area contributed by atoms with Crippen LogP contribution in [0.2, 0.25) is 0 Å². The first-order valence-electron chi connectivity index (χ1n) is 7.44. The smallest absolute Gasteiger partial charge is 0.138 e. The highest BCUT2D eigenvalue weighted by atomic mass is 16.5. The van der Waals surface area contributed by atoms with E-state index in [2.05, 4.69) is 36.2 Å². The monoisotopic (exact) mass is 284 g/mol. The maximum atomic E-state index is 6.56. The molecule has 0 fully saturated rings. The van der Waals surface area contributed by atoms with E-state index in [-0.39, 0.29) is 6.10 Å². The Hall–Kier alpha value is -1.87. The molecule has 112 valence electrons. The molecule has 1 heterocycles. The minimum atomic E-state index is -0.588. The Balaban J connectivity index is 2.33. The van der Waals surface area contributed by atoms with E-state index in [1.54, 1.807) is 12.4 Å². The van der Waals surface area contributed by atoms with Crippen LogP contribution in [-0.2, 0) is 12.0 Å². The SMILES string of the molecule is CCc1ccc(C(C)(N)c2cncc(OC(C)C)c2)cc1. The Morgan fingerprint density at radius 3 is 2.38 bits per heavy atom. The van der Waals surface area contributed by atoms with E-state index < -0.39 is 5.54 Å². The summed E-state index contributed by atoms with van der Waals surface area (Å²) in [5.41, 5.74) is 9.30. The highest BCUT2D eigenvalue weighted by Crippen LogP contribution is 2.28. The second-order valence-electron chi connectivity index (χ2n) is 5.83. The number of benzene rings is 1. The van der Waals surface area contributed by atoms with E-state index in [1.807, 2.05) is 26.8 Å². The van der Waals surface area contributed by atoms with Gasteiger partial charge in [0.15, 0.2) is 0 Å². The van der Waals surface area contributed by atoms with E-state index in [9.17, 15) is 0 Å². The van der Waals surface area contributed by atoms with Gasteiger partial charge in [0.1, 0.15) is 5.75 Å². The quantitative estimate of drug-likeness (QED) is 0.911. The third kappa shape index (κ3) is 3.61. The molecule has 2 rings (SSSR count). The van der Waals surface area contributed by atoms with Crippen molar-refractivity contribution in [2.75, 3.05) is 0 Å². The molecule has 1 aromatic carbocycles. The molecular weight excluding hydrogens is 260 g/mol. The van der Waals surface area contributed by atoms with Gasteiger partial charge in [-0.3, -0.25) is 4.98 Å². The van der Waals surface area contributed by atoms with Crippen molar-refractivity contribution in [2.24, 2.45) is 5.73 Å². The molecule has 0 saturated heterocycles. The minimum absolute atomic E-state index is 0.120. The van der Waals surface area contributed by atoms with Gasteiger partial charge in [-0.05, 0) is 49.9 Å². The van der Waals surface area contributed by atoms with E-state index in [0.29, 0.717) is 0 Å². The maximum absolute atomic E-state index is 6.56. The van der Waals surface area contributed by atoms with Gasteiger partial charge in [-0.2, -0.15) is 0 Å². The van der Waals surface area contributed by atoms with E-state index in [4.69, 9.17) is 10.5 Å². The van der Waals surface area contributed by atoms with Crippen LogP contribution in [0.1, 0.15) is 44.4 Å². The standard InChI is InChI=1S/C18H24N2O/c1-5-14-6-8-15(9-7-14)18(4,19)16-10-17(12-20-11-16)21-13(2)3/h6-13H,5,19H2,1-4H3. The summed E-state index contributed by atoms with van der Waals surface area (Å²) in [6.07, 6.45) is 4.68. The van der Waals surface area contributed by atoms with Crippen LogP contribution in [0.15, 0.2) is 42.7 Å². The lowest BCUT2D eigenvalue weighted by atomic mass is 9.86. The Kier molecular flexibility index (Phi) is 4.63. The minimum Gasteiger partial charge on any atom is -0.489 e. The van der Waals surface area contributed by atoms with Crippen LogP contribution in [0.5, 0.6) is 5.75 Å². The van der Waals surface area contributed by atoms with Crippen LogP contribution in [0.25, 0.3) is 0 Å². The molecule has 3 nitrogen and oxygen atoms in total. The Bertz CT molecular complexity index is 588. The molecule has 3 heteroatoms. The molecule has 1 unspecified atom stereocenters. The summed E-state index contributed by atoms with van der Waals surface area (Å²) < 4.78 is 5.70. The van der Waals surface area contributed by atoms with Crippen molar-refractivity contribution in [1.82, 2.24) is 4.98 Å². The van der Waals surface area contributed by atoms with Crippen LogP contribution in [-0.4, -0.2) is 11.1 Å². The van der Waals surface area contributed by atoms with Gasteiger partial charge in [-0.1, -0.05) is 31.2 Å². The molecule has 1 atom stereocenters. The number of aromatic nitrogens is 1. The summed E-state index contributed by atoms with van der Waals surface area (Å²) in [5, 5.41) is 0. The number of ether oxygens (including phenoxy) is 1. The fraction of sp³-hybridized carbons (Fsp3) is 0.389. The van der Waals surface area contributed by atoms with Crippen molar-refractivity contribution in [2.45, 2.75) is 45.8 Å². The number of rotatable bonds is 5. The first-order valence-corrected chi connectivity index (χ1v) is 7.44. The molecule has 0 aliphatic rings. The maximum Gasteiger partial charge on any atom is 0.138 e. The summed E-state index contributed by atoms with van der Waals surface area (Å²) in [6, 6.07) is 10.4. The van der Waals surface area contributed by atoms with Crippen LogP contribution in [0, 0.1) is 0 Å². The Labute approximate surface area is 127 Å². The summed E-state index contributed by atoms with van der Waals surface area (Å²) >= 11 is 0. The predicted molar refractivity (Wildman–Crippen MR) is 86.5 cm³/mol. The lowest BCUT2D eigenvalue weighted by Gasteiger charge is -2.26. The average molecular weight is 284 g/mol. The molecule has 0 amide bonds. The van der Waals surface area contributed by atoms with Crippen molar-refractivity contribution in [3.05, 3.63) is 59.4 Å². The lowest BCUT2D eigenvalue weighted by Crippen LogP contribution is -2.34. The lowest BCUT2D eigenvalue weighted by molar-refractivity contribution is 0.241. The van der Waals surface area contributed by atoms with E-state index >= 15 is 0 Å². The second-order valence-corrected chi connectivity index (χ2v) is 5.83. The van der Waals surface area contributed by atoms with Gasteiger partial charge < -0.3 is 10.5 Å². The van der Waals surface area contributed by atoms with Crippen molar-refractivity contribution in [3.63, 3.8) is 0 Å². The molecule has 0 spiro atoms. The normalized spacial score (nSPS) is 14.0. The van der Waals surface area contributed by atoms with E-state index in [0.717, 1.165) is 23.3 Å². The molecule has 1 aromatic heterocycles. The zero-order chi connectivity index (χ0) is 15.5. The van der Waals surface area contributed by atoms with Gasteiger partial charge in [0.2, 0.25) is 0 Å². The zero-order valence-electron chi connectivity index (χ0n) is 13.3. The molecular formula is C18H24N2O. The molecule has 0 radical (unpaired) electrons. The summed E-state index contributed by atoms with van der Waals surface area (Å²) in [7, 11) is 0. The number of pyridine rings is 1. The molecule has 0 aliphatic carbocycles. The van der Waals surface area contributed by atoms with Crippen molar-refractivity contribution >= 4 is 0 Å². The molecule has 2 aromatic rings. The van der Waals surface area contributed by atoms with Crippen LogP contribution >= 0.6 is 0 Å². The van der Waals surface area contributed by atoms with Crippen LogP contribution < -0.4 is 10.5 Å². The van der Waals surface area contributed by atoms with E-state index in [1.165, 1.54) is 5.56 Å². The first kappa shape index (κ1) is 15.5. The Morgan fingerprint density at radius 1 is 1.14 bits per heavy atom. The third-order valence-corrected chi connectivity index (χ3v) is 3.65. The molecule has 0 bridgehead atoms. The topological polar surface area (TPSA) is 48.1 Å². The largest absolute Gasteiger partial charge is 0.489 e. The first-order chi connectivity index (χ1) is 9.93. The van der Waals surface area contributed by atoms with Crippen molar-refractivity contribution in [1.29, 1.82) is 0 Å². The van der Waals surface area contributed by atoms with Gasteiger partial charge in [0.25, 0.3) is 0 Å². The van der Waals surface area contributed by atoms with Gasteiger partial charge >= 0.3 is 0 Å². The van der Waals surface area contributed by atoms with Gasteiger partial charge in [0.05, 0.1) is 17.8 Å². The zero-order valence-corrected chi connectivity index (χ0v) is 13.3. The average Bonchev–Trinajstić information content (AvgIpc) is 2.47. The Morgan fingerprint density at radius 2 is 1.81 bits per heavy atom. The molecule has 0 saturated carbocycles. The summed E-state index contributed by atoms with van der Waals surface area (Å²) in [4.78, 5) is 4.26. The number of nitrogens with zero attached hydrogens (tertiary/aromatic N) is 1.